The highest BCUT2D eigenvalue weighted by Gasteiger charge is 2.28. The minimum absolute atomic E-state index is 0.197. The summed E-state index contributed by atoms with van der Waals surface area (Å²) in [6.45, 7) is 5.64. The predicted molar refractivity (Wildman–Crippen MR) is 74.2 cm³/mol. The average molecular weight is 280 g/mol. The maximum atomic E-state index is 11.9. The van der Waals surface area contributed by atoms with Crippen LogP contribution in [0.3, 0.4) is 0 Å². The van der Waals surface area contributed by atoms with Crippen molar-refractivity contribution in [1.29, 1.82) is 0 Å². The van der Waals surface area contributed by atoms with E-state index in [1.165, 1.54) is 4.90 Å². The lowest BCUT2D eigenvalue weighted by Crippen LogP contribution is -3.12. The second-order valence-electron chi connectivity index (χ2n) is 5.28. The number of nitrogens with one attached hydrogen (secondary N) is 1. The van der Waals surface area contributed by atoms with Crippen molar-refractivity contribution in [3.63, 3.8) is 0 Å². The van der Waals surface area contributed by atoms with Gasteiger partial charge >= 0.3 is 5.97 Å². The average Bonchev–Trinajstić information content (AvgIpc) is 2.46. The molecule has 5 heteroatoms. The van der Waals surface area contributed by atoms with Crippen LogP contribution in [0.4, 0.5) is 0 Å². The van der Waals surface area contributed by atoms with Gasteiger partial charge in [0, 0.05) is 0 Å². The molecule has 0 aliphatic carbocycles. The Bertz CT molecular complexity index is 461. The molecule has 0 fully saturated rings. The number of likely N-dealkylation sites (N-methyl/N-ethyl adjacent to an activating group) is 1. The van der Waals surface area contributed by atoms with Crippen molar-refractivity contribution in [3.8, 4) is 11.5 Å². The van der Waals surface area contributed by atoms with Gasteiger partial charge in [-0.25, -0.2) is 4.79 Å². The quantitative estimate of drug-likeness (QED) is 0.788. The standard InChI is InChI=1S/C15H21NO4/c1-11(2)16(3)8-9-18-15(17)14-10-19-12-6-4-5-7-13(12)20-14/h4-7,11,14H,8-10H2,1-3H3/p+1/t14-/m1/s1. The Labute approximate surface area is 119 Å². The van der Waals surface area contributed by atoms with E-state index in [1.807, 2.05) is 18.2 Å². The summed E-state index contributed by atoms with van der Waals surface area (Å²) in [7, 11) is 2.08. The maximum absolute atomic E-state index is 11.9. The van der Waals surface area contributed by atoms with Crippen LogP contribution in [0.2, 0.25) is 0 Å². The SMILES string of the molecule is CC(C)[NH+](C)CCOC(=O)[C@H]1COc2ccccc2O1. The number of benzene rings is 1. The first-order valence-electron chi connectivity index (χ1n) is 6.95. The normalized spacial score (nSPS) is 18.7. The molecule has 0 saturated heterocycles. The molecule has 1 aliphatic rings. The zero-order valence-corrected chi connectivity index (χ0v) is 12.2. The lowest BCUT2D eigenvalue weighted by atomic mass is 10.2. The molecule has 0 amide bonds. The van der Waals surface area contributed by atoms with Crippen molar-refractivity contribution in [3.05, 3.63) is 24.3 Å². The van der Waals surface area contributed by atoms with Crippen LogP contribution >= 0.6 is 0 Å². The van der Waals surface area contributed by atoms with E-state index in [9.17, 15) is 4.79 Å². The summed E-state index contributed by atoms with van der Waals surface area (Å²) in [5.74, 6) is 0.891. The molecular formula is C15H22NO4+. The van der Waals surface area contributed by atoms with Crippen LogP contribution in [0, 0.1) is 0 Å². The van der Waals surface area contributed by atoms with Crippen LogP contribution in [-0.2, 0) is 9.53 Å². The Hall–Kier alpha value is -1.75. The highest BCUT2D eigenvalue weighted by molar-refractivity contribution is 5.75. The molecule has 1 aromatic rings. The molecule has 110 valence electrons. The Kier molecular flexibility index (Phi) is 4.84. The van der Waals surface area contributed by atoms with E-state index in [0.717, 1.165) is 6.54 Å². The van der Waals surface area contributed by atoms with Gasteiger partial charge < -0.3 is 19.1 Å². The monoisotopic (exact) mass is 280 g/mol. The fourth-order valence-electron chi connectivity index (χ4n) is 1.83. The molecular weight excluding hydrogens is 258 g/mol. The van der Waals surface area contributed by atoms with Crippen molar-refractivity contribution in [2.24, 2.45) is 0 Å². The van der Waals surface area contributed by atoms with E-state index < -0.39 is 6.10 Å². The third-order valence-electron chi connectivity index (χ3n) is 3.50. The van der Waals surface area contributed by atoms with Gasteiger partial charge in [-0.15, -0.1) is 0 Å². The zero-order valence-electron chi connectivity index (χ0n) is 12.2. The third-order valence-corrected chi connectivity index (χ3v) is 3.50. The van der Waals surface area contributed by atoms with Crippen LogP contribution in [0.15, 0.2) is 24.3 Å². The predicted octanol–water partition coefficient (Wildman–Crippen LogP) is 0.293. The smallest absolute Gasteiger partial charge is 0.351 e. The van der Waals surface area contributed by atoms with Crippen LogP contribution in [-0.4, -0.2) is 44.9 Å². The van der Waals surface area contributed by atoms with E-state index in [4.69, 9.17) is 14.2 Å². The van der Waals surface area contributed by atoms with Crippen LogP contribution in [0.25, 0.3) is 0 Å². The number of fused-ring (bicyclic) bond motifs is 1. The fourth-order valence-corrected chi connectivity index (χ4v) is 1.83. The third kappa shape index (κ3) is 3.63. The molecule has 0 radical (unpaired) electrons. The maximum Gasteiger partial charge on any atom is 0.351 e. The summed E-state index contributed by atoms with van der Waals surface area (Å²) in [5, 5.41) is 0. The number of esters is 1. The Balaban J connectivity index is 1.80. The second kappa shape index (κ2) is 6.61. The van der Waals surface area contributed by atoms with Gasteiger partial charge in [-0.3, -0.25) is 0 Å². The lowest BCUT2D eigenvalue weighted by molar-refractivity contribution is -0.901. The van der Waals surface area contributed by atoms with Gasteiger partial charge in [-0.1, -0.05) is 12.1 Å². The molecule has 1 aliphatic heterocycles. The number of quaternary nitrogens is 1. The van der Waals surface area contributed by atoms with Gasteiger partial charge in [0.05, 0.1) is 13.1 Å². The van der Waals surface area contributed by atoms with Gasteiger partial charge in [-0.2, -0.15) is 0 Å². The molecule has 1 unspecified atom stereocenters. The Morgan fingerprint density at radius 3 is 2.80 bits per heavy atom. The molecule has 20 heavy (non-hydrogen) atoms. The summed E-state index contributed by atoms with van der Waals surface area (Å²) in [5.41, 5.74) is 0. The largest absolute Gasteiger partial charge is 0.485 e. The molecule has 1 heterocycles. The van der Waals surface area contributed by atoms with E-state index in [0.29, 0.717) is 24.1 Å². The number of carbonyl (C=O) groups is 1. The van der Waals surface area contributed by atoms with E-state index in [-0.39, 0.29) is 12.6 Å². The van der Waals surface area contributed by atoms with Crippen molar-refractivity contribution in [2.75, 3.05) is 26.8 Å². The minimum atomic E-state index is -0.677. The van der Waals surface area contributed by atoms with Crippen molar-refractivity contribution >= 4 is 5.97 Å². The molecule has 0 saturated carbocycles. The molecule has 2 rings (SSSR count). The first-order chi connectivity index (χ1) is 9.58. The summed E-state index contributed by atoms with van der Waals surface area (Å²) in [6, 6.07) is 7.82. The Morgan fingerprint density at radius 2 is 2.10 bits per heavy atom. The summed E-state index contributed by atoms with van der Waals surface area (Å²) in [4.78, 5) is 13.2. The molecule has 0 spiro atoms. The highest BCUT2D eigenvalue weighted by Crippen LogP contribution is 2.30. The van der Waals surface area contributed by atoms with Gasteiger partial charge in [0.1, 0.15) is 19.8 Å². The van der Waals surface area contributed by atoms with Crippen molar-refractivity contribution < 1.29 is 23.9 Å². The van der Waals surface area contributed by atoms with Gasteiger partial charge in [0.2, 0.25) is 6.10 Å². The number of ether oxygens (including phenoxy) is 3. The molecule has 1 aromatic carbocycles. The fraction of sp³-hybridized carbons (Fsp3) is 0.533. The first kappa shape index (κ1) is 14.7. The number of carbonyl (C=O) groups excluding carboxylic acids is 1. The highest BCUT2D eigenvalue weighted by atomic mass is 16.6. The summed E-state index contributed by atoms with van der Waals surface area (Å²) >= 11 is 0. The number of hydrogen-bond donors (Lipinski definition) is 1. The van der Waals surface area contributed by atoms with Gasteiger partial charge in [0.15, 0.2) is 11.5 Å². The summed E-state index contributed by atoms with van der Waals surface area (Å²) in [6.07, 6.45) is -0.677. The van der Waals surface area contributed by atoms with Crippen molar-refractivity contribution in [1.82, 2.24) is 0 Å². The number of rotatable bonds is 5. The molecule has 0 aromatic heterocycles. The van der Waals surface area contributed by atoms with Gasteiger partial charge in [-0.05, 0) is 26.0 Å². The van der Waals surface area contributed by atoms with Crippen LogP contribution in [0.1, 0.15) is 13.8 Å². The summed E-state index contributed by atoms with van der Waals surface area (Å²) < 4.78 is 16.3. The second-order valence-corrected chi connectivity index (χ2v) is 5.28. The molecule has 0 bridgehead atoms. The topological polar surface area (TPSA) is 49.2 Å². The van der Waals surface area contributed by atoms with Crippen LogP contribution in [0.5, 0.6) is 11.5 Å². The van der Waals surface area contributed by atoms with Crippen LogP contribution < -0.4 is 14.4 Å². The first-order valence-corrected chi connectivity index (χ1v) is 6.95. The number of para-hydroxylation sites is 2. The van der Waals surface area contributed by atoms with Gasteiger partial charge in [0.25, 0.3) is 0 Å². The lowest BCUT2D eigenvalue weighted by Gasteiger charge is -2.25. The molecule has 1 N–H and O–H groups in total. The van der Waals surface area contributed by atoms with E-state index in [1.54, 1.807) is 6.07 Å². The zero-order chi connectivity index (χ0) is 14.5. The molecule has 2 atom stereocenters. The van der Waals surface area contributed by atoms with Crippen molar-refractivity contribution in [2.45, 2.75) is 26.0 Å². The Morgan fingerprint density at radius 1 is 1.40 bits per heavy atom. The van der Waals surface area contributed by atoms with E-state index >= 15 is 0 Å². The molecule has 5 nitrogen and oxygen atoms in total. The number of hydrogen-bond acceptors (Lipinski definition) is 4. The van der Waals surface area contributed by atoms with E-state index in [2.05, 4.69) is 20.9 Å². The minimum Gasteiger partial charge on any atom is -0.485 e.